The number of aromatic nitrogens is 2. The number of benzene rings is 1. The third kappa shape index (κ3) is 7.40. The number of aliphatic hydroxyl groups is 2. The molecule has 2 unspecified atom stereocenters. The monoisotopic (exact) mass is 617 g/mol. The number of esters is 1. The second-order valence-corrected chi connectivity index (χ2v) is 12.6. The van der Waals surface area contributed by atoms with Crippen molar-refractivity contribution in [1.29, 1.82) is 0 Å². The summed E-state index contributed by atoms with van der Waals surface area (Å²) in [5, 5.41) is 24.9. The van der Waals surface area contributed by atoms with Crippen molar-refractivity contribution >= 4 is 37.5 Å². The molecule has 0 amide bonds. The first-order chi connectivity index (χ1) is 18.9. The molecule has 4 rings (SSSR count). The van der Waals surface area contributed by atoms with Gasteiger partial charge in [0.25, 0.3) is 5.56 Å². The van der Waals surface area contributed by atoms with Crippen LogP contribution in [0.3, 0.4) is 0 Å². The van der Waals surface area contributed by atoms with Crippen LogP contribution < -0.4 is 15.2 Å². The van der Waals surface area contributed by atoms with Crippen molar-refractivity contribution in [3.05, 3.63) is 56.7 Å². The first kappa shape index (κ1) is 30.9. The van der Waals surface area contributed by atoms with Crippen molar-refractivity contribution in [2.45, 2.75) is 82.1 Å². The quantitative estimate of drug-likeness (QED) is 0.175. The average molecular weight is 618 g/mol. The lowest BCUT2D eigenvalue weighted by Gasteiger charge is -2.28. The van der Waals surface area contributed by atoms with Crippen LogP contribution in [-0.4, -0.2) is 62.3 Å². The maximum atomic E-state index is 13.9. The summed E-state index contributed by atoms with van der Waals surface area (Å²) in [6, 6.07) is 6.14. The first-order valence-electron chi connectivity index (χ1n) is 12.9. The Morgan fingerprint density at radius 1 is 1.30 bits per heavy atom. The number of hydrogen-bond donors (Lipinski definition) is 4. The summed E-state index contributed by atoms with van der Waals surface area (Å²) in [4.78, 5) is 26.8. The van der Waals surface area contributed by atoms with Crippen LogP contribution in [-0.2, 0) is 23.4 Å². The van der Waals surface area contributed by atoms with E-state index in [0.29, 0.717) is 5.02 Å². The molecule has 1 aliphatic carbocycles. The predicted molar refractivity (Wildman–Crippen MR) is 148 cm³/mol. The molecule has 1 aromatic carbocycles. The molecule has 1 saturated heterocycles. The molecule has 40 heavy (non-hydrogen) atoms. The van der Waals surface area contributed by atoms with E-state index in [1.807, 2.05) is 0 Å². The lowest BCUT2D eigenvalue weighted by atomic mass is 9.96. The summed E-state index contributed by atoms with van der Waals surface area (Å²) in [5.74, 6) is -0.464. The molecule has 1 aliphatic heterocycles. The minimum atomic E-state index is -4.29. The van der Waals surface area contributed by atoms with E-state index < -0.39 is 56.0 Å². The summed E-state index contributed by atoms with van der Waals surface area (Å²) in [5.41, 5.74) is -2.31. The van der Waals surface area contributed by atoms with Gasteiger partial charge >= 0.3 is 13.7 Å². The summed E-state index contributed by atoms with van der Waals surface area (Å²) < 4.78 is 37.9. The fourth-order valence-electron chi connectivity index (χ4n) is 4.62. The molecule has 2 aromatic rings. The highest BCUT2D eigenvalue weighted by Crippen LogP contribution is 2.47. The molecule has 1 aromatic heterocycles. The third-order valence-corrected chi connectivity index (χ3v) is 9.06. The van der Waals surface area contributed by atoms with Crippen molar-refractivity contribution in [2.75, 3.05) is 6.61 Å². The van der Waals surface area contributed by atoms with Crippen molar-refractivity contribution in [2.24, 2.45) is 0 Å². The average Bonchev–Trinajstić information content (AvgIpc) is 3.13. The number of nitrogens with one attached hydrogen (secondary N) is 2. The van der Waals surface area contributed by atoms with Gasteiger partial charge in [-0.1, -0.05) is 18.0 Å². The molecule has 2 heterocycles. The number of aliphatic hydroxyl groups excluding tert-OH is 1. The molecule has 2 fully saturated rings. The largest absolute Gasteiger partial charge is 0.461 e. The summed E-state index contributed by atoms with van der Waals surface area (Å²) in [6.45, 7) is 2.30. The van der Waals surface area contributed by atoms with Crippen molar-refractivity contribution < 1.29 is 38.1 Å². The zero-order valence-electron chi connectivity index (χ0n) is 22.0. The van der Waals surface area contributed by atoms with Gasteiger partial charge in [-0.05, 0) is 76.0 Å². The maximum absolute atomic E-state index is 13.9. The fraction of sp³-hybridized carbons (Fsp3) is 0.560. The molecule has 0 radical (unpaired) electrons. The van der Waals surface area contributed by atoms with Crippen LogP contribution in [0, 0.1) is 4.77 Å². The molecule has 4 N–H and O–H groups in total. The Bertz CT molecular complexity index is 1350. The number of hydrogen-bond acceptors (Lipinski definition) is 10. The second kappa shape index (κ2) is 12.8. The number of aromatic amines is 1. The van der Waals surface area contributed by atoms with Gasteiger partial charge in [-0.2, -0.15) is 5.09 Å². The van der Waals surface area contributed by atoms with E-state index in [1.54, 1.807) is 0 Å². The summed E-state index contributed by atoms with van der Waals surface area (Å²) in [6.07, 6.45) is 1.80. The van der Waals surface area contributed by atoms with Crippen LogP contribution in [0.25, 0.3) is 0 Å². The Balaban J connectivity index is 1.49. The Morgan fingerprint density at radius 2 is 1.98 bits per heavy atom. The van der Waals surface area contributed by atoms with Crippen molar-refractivity contribution in [3.63, 3.8) is 0 Å². The van der Waals surface area contributed by atoms with E-state index in [-0.39, 0.29) is 16.6 Å². The number of carbonyl (C=O) groups is 1. The molecule has 220 valence electrons. The zero-order chi connectivity index (χ0) is 29.1. The lowest BCUT2D eigenvalue weighted by Crippen LogP contribution is -2.45. The standard InChI is InChI=1S/C25H33ClN3O9PS/c1-15(22(32)36-17-6-4-3-5-7-17)28-39(34,38-18-10-8-16(26)9-11-18)35-14-19-21(31)25(2,33)23(37-19)29-13-12-20(30)27-24(29)40/h8-13,15,17,19,21,23,31,33H,3-7,14H2,1-2H3,(H,28,34)(H,27,30,40)/t15-,19+,21?,23+,25+,39?/m0/s1. The van der Waals surface area contributed by atoms with Gasteiger partial charge in [0.15, 0.2) is 11.0 Å². The number of halogens is 1. The van der Waals surface area contributed by atoms with Crippen LogP contribution in [0.5, 0.6) is 5.75 Å². The van der Waals surface area contributed by atoms with Crippen molar-refractivity contribution in [3.8, 4) is 5.75 Å². The van der Waals surface area contributed by atoms with E-state index >= 15 is 0 Å². The van der Waals surface area contributed by atoms with E-state index in [4.69, 9.17) is 42.3 Å². The Hall–Kier alpha value is -2.09. The van der Waals surface area contributed by atoms with Gasteiger partial charge in [-0.15, -0.1) is 0 Å². The minimum absolute atomic E-state index is 0.0322. The number of H-pyrrole nitrogens is 1. The van der Waals surface area contributed by atoms with E-state index in [1.165, 1.54) is 54.9 Å². The smallest absolute Gasteiger partial charge is 0.459 e. The normalized spacial score (nSPS) is 27.6. The molecule has 0 bridgehead atoms. The number of ether oxygens (including phenoxy) is 2. The Morgan fingerprint density at radius 3 is 2.62 bits per heavy atom. The van der Waals surface area contributed by atoms with Gasteiger partial charge in [-0.3, -0.25) is 23.7 Å². The lowest BCUT2D eigenvalue weighted by molar-refractivity contribution is -0.152. The van der Waals surface area contributed by atoms with Gasteiger partial charge in [0, 0.05) is 17.3 Å². The predicted octanol–water partition coefficient (Wildman–Crippen LogP) is 3.63. The molecule has 12 nitrogen and oxygen atoms in total. The molecule has 6 atom stereocenters. The van der Waals surface area contributed by atoms with E-state index in [9.17, 15) is 24.4 Å². The van der Waals surface area contributed by atoms with Crippen molar-refractivity contribution in [1.82, 2.24) is 14.6 Å². The topological polar surface area (TPSA) is 161 Å². The summed E-state index contributed by atoms with van der Waals surface area (Å²) in [7, 11) is -4.29. The van der Waals surface area contributed by atoms with Crippen LogP contribution in [0.4, 0.5) is 0 Å². The number of nitrogens with zero attached hydrogens (tertiary/aromatic N) is 1. The van der Waals surface area contributed by atoms with E-state index in [0.717, 1.165) is 32.1 Å². The Kier molecular flexibility index (Phi) is 9.90. The highest BCUT2D eigenvalue weighted by Gasteiger charge is 2.54. The fourth-order valence-corrected chi connectivity index (χ4v) is 6.51. The highest BCUT2D eigenvalue weighted by molar-refractivity contribution is 7.71. The number of rotatable bonds is 10. The van der Waals surface area contributed by atoms with Gasteiger partial charge in [-0.25, -0.2) is 4.57 Å². The number of carbonyl (C=O) groups excluding carboxylic acids is 1. The molecule has 1 saturated carbocycles. The zero-order valence-corrected chi connectivity index (χ0v) is 24.5. The van der Waals surface area contributed by atoms with Gasteiger partial charge in [0.05, 0.1) is 6.61 Å². The maximum Gasteiger partial charge on any atom is 0.459 e. The van der Waals surface area contributed by atoms with Crippen LogP contribution in [0.1, 0.15) is 52.2 Å². The van der Waals surface area contributed by atoms with Crippen LogP contribution >= 0.6 is 31.6 Å². The van der Waals surface area contributed by atoms with Gasteiger partial charge < -0.3 is 24.2 Å². The molecule has 15 heteroatoms. The van der Waals surface area contributed by atoms with E-state index in [2.05, 4.69) is 10.1 Å². The second-order valence-electron chi connectivity index (χ2n) is 10.1. The highest BCUT2D eigenvalue weighted by atomic mass is 35.5. The minimum Gasteiger partial charge on any atom is -0.461 e. The van der Waals surface area contributed by atoms with Gasteiger partial charge in [0.1, 0.15) is 35.7 Å². The molecule has 0 spiro atoms. The first-order valence-corrected chi connectivity index (χ1v) is 15.3. The molecule has 2 aliphatic rings. The molecular formula is C25H33ClN3O9PS. The van der Waals surface area contributed by atoms with Crippen LogP contribution in [0.15, 0.2) is 41.3 Å². The summed E-state index contributed by atoms with van der Waals surface area (Å²) >= 11 is 11.1. The SMILES string of the molecule is C[C@H](NP(=O)(OC[C@H]1O[C@@H](n2ccc(=O)[nH]c2=S)[C@](C)(O)C1O)Oc1ccc(Cl)cc1)C(=O)OC1CCCCC1. The molecular weight excluding hydrogens is 585 g/mol. The Labute approximate surface area is 241 Å². The van der Waals surface area contributed by atoms with Gasteiger partial charge in [0.2, 0.25) is 0 Å². The van der Waals surface area contributed by atoms with Crippen LogP contribution in [0.2, 0.25) is 5.02 Å². The third-order valence-electron chi connectivity index (χ3n) is 6.85.